The number of fused-ring (bicyclic) bond motifs is 1. The molecule has 0 atom stereocenters. The Balaban J connectivity index is 1.30. The monoisotopic (exact) mass is 512 g/mol. The average Bonchev–Trinajstić information content (AvgIpc) is 2.93. The number of aryl methyl sites for hydroxylation is 1. The first-order chi connectivity index (χ1) is 18.5. The summed E-state index contributed by atoms with van der Waals surface area (Å²) in [5, 5.41) is 7.75. The number of hydrogen-bond acceptors (Lipinski definition) is 7. The first-order valence-corrected chi connectivity index (χ1v) is 12.1. The predicted molar refractivity (Wildman–Crippen MR) is 146 cm³/mol. The number of nitrogens with zero attached hydrogens (tertiary/aromatic N) is 2. The van der Waals surface area contributed by atoms with E-state index in [-0.39, 0.29) is 19.1 Å². The lowest BCUT2D eigenvalue weighted by Gasteiger charge is -2.13. The summed E-state index contributed by atoms with van der Waals surface area (Å²) in [6.07, 6.45) is 3.15. The highest BCUT2D eigenvalue weighted by Crippen LogP contribution is 2.28. The molecule has 38 heavy (non-hydrogen) atoms. The fourth-order valence-corrected chi connectivity index (χ4v) is 3.58. The van der Waals surface area contributed by atoms with Crippen molar-refractivity contribution >= 4 is 34.6 Å². The molecule has 0 aliphatic heterocycles. The number of amides is 2. The molecule has 0 saturated heterocycles. The first kappa shape index (κ1) is 26.2. The van der Waals surface area contributed by atoms with Gasteiger partial charge >= 0.3 is 0 Å². The van der Waals surface area contributed by atoms with Crippen LogP contribution in [0.4, 0.5) is 5.69 Å². The number of nitrogens with one attached hydrogen (secondary N) is 2. The zero-order valence-corrected chi connectivity index (χ0v) is 21.1. The van der Waals surface area contributed by atoms with Gasteiger partial charge in [0.15, 0.2) is 24.7 Å². The molecule has 0 saturated carbocycles. The normalized spacial score (nSPS) is 10.8. The lowest BCUT2D eigenvalue weighted by Crippen LogP contribution is -2.24. The van der Waals surface area contributed by atoms with Gasteiger partial charge in [-0.15, -0.1) is 0 Å². The third-order valence-corrected chi connectivity index (χ3v) is 5.40. The van der Waals surface area contributed by atoms with Crippen molar-refractivity contribution in [2.75, 3.05) is 25.1 Å². The van der Waals surface area contributed by atoms with Crippen molar-refractivity contribution in [2.24, 2.45) is 5.10 Å². The lowest BCUT2D eigenvalue weighted by atomic mass is 10.2. The van der Waals surface area contributed by atoms with Crippen molar-refractivity contribution < 1.29 is 23.8 Å². The van der Waals surface area contributed by atoms with Crippen LogP contribution in [0.2, 0.25) is 0 Å². The molecule has 9 nitrogen and oxygen atoms in total. The Kier molecular flexibility index (Phi) is 8.85. The van der Waals surface area contributed by atoms with Gasteiger partial charge in [0.05, 0.1) is 12.8 Å². The summed E-state index contributed by atoms with van der Waals surface area (Å²) in [6, 6.07) is 21.9. The summed E-state index contributed by atoms with van der Waals surface area (Å²) in [6.45, 7) is 3.78. The van der Waals surface area contributed by atoms with Crippen LogP contribution in [0.5, 0.6) is 17.2 Å². The minimum absolute atomic E-state index is 0.176. The van der Waals surface area contributed by atoms with E-state index in [0.717, 1.165) is 16.6 Å². The molecule has 0 unspecified atom stereocenters. The lowest BCUT2D eigenvalue weighted by molar-refractivity contribution is -0.123. The summed E-state index contributed by atoms with van der Waals surface area (Å²) in [7, 11) is 0. The maximum Gasteiger partial charge on any atom is 0.277 e. The second-order valence-electron chi connectivity index (χ2n) is 8.20. The minimum atomic E-state index is -0.418. The standard InChI is InChI=1S/C29H28N4O5/c1-3-36-26-16-21(13-14-24(26)37-18-27(34)32-23-11-5-4-8-20(23)2)17-31-33-28(35)19-38-25-12-6-9-22-10-7-15-30-29(22)25/h4-17H,3,18-19H2,1-2H3,(H,32,34)(H,33,35)/b31-17-. The minimum Gasteiger partial charge on any atom is -0.490 e. The highest BCUT2D eigenvalue weighted by molar-refractivity contribution is 5.92. The maximum atomic E-state index is 12.3. The number of aromatic nitrogens is 1. The largest absolute Gasteiger partial charge is 0.490 e. The average molecular weight is 513 g/mol. The van der Waals surface area contributed by atoms with Gasteiger partial charge in [-0.25, -0.2) is 5.43 Å². The predicted octanol–water partition coefficient (Wildman–Crippen LogP) is 4.49. The van der Waals surface area contributed by atoms with Crippen molar-refractivity contribution in [2.45, 2.75) is 13.8 Å². The van der Waals surface area contributed by atoms with Crippen LogP contribution in [0.1, 0.15) is 18.1 Å². The zero-order valence-electron chi connectivity index (χ0n) is 21.1. The zero-order chi connectivity index (χ0) is 26.7. The van der Waals surface area contributed by atoms with Crippen LogP contribution in [-0.4, -0.2) is 42.8 Å². The molecule has 9 heteroatoms. The molecule has 194 valence electrons. The van der Waals surface area contributed by atoms with Gasteiger partial charge in [-0.3, -0.25) is 14.6 Å². The van der Waals surface area contributed by atoms with Gasteiger partial charge in [-0.1, -0.05) is 36.4 Å². The van der Waals surface area contributed by atoms with Crippen LogP contribution in [-0.2, 0) is 9.59 Å². The van der Waals surface area contributed by atoms with E-state index in [2.05, 4.69) is 20.8 Å². The number of pyridine rings is 1. The van der Waals surface area contributed by atoms with Gasteiger partial charge in [0, 0.05) is 17.3 Å². The van der Waals surface area contributed by atoms with E-state index in [1.165, 1.54) is 6.21 Å². The molecule has 1 heterocycles. The van der Waals surface area contributed by atoms with E-state index in [0.29, 0.717) is 34.9 Å². The number of carbonyl (C=O) groups is 2. The van der Waals surface area contributed by atoms with Gasteiger partial charge < -0.3 is 19.5 Å². The molecule has 0 bridgehead atoms. The Hall–Kier alpha value is -4.92. The number of anilines is 1. The third kappa shape index (κ3) is 7.07. The van der Waals surface area contributed by atoms with Crippen LogP contribution in [0.15, 0.2) is 84.1 Å². The fourth-order valence-electron chi connectivity index (χ4n) is 3.58. The molecule has 3 aromatic carbocycles. The Morgan fingerprint density at radius 3 is 2.50 bits per heavy atom. The summed E-state index contributed by atoms with van der Waals surface area (Å²) in [5.41, 5.74) is 5.50. The molecule has 0 aliphatic carbocycles. The number of para-hydroxylation sites is 2. The number of carbonyl (C=O) groups excluding carboxylic acids is 2. The quantitative estimate of drug-likeness (QED) is 0.226. The van der Waals surface area contributed by atoms with E-state index in [4.69, 9.17) is 14.2 Å². The van der Waals surface area contributed by atoms with Crippen molar-refractivity contribution in [3.05, 3.63) is 90.1 Å². The van der Waals surface area contributed by atoms with Gasteiger partial charge in [-0.05, 0) is 61.4 Å². The van der Waals surface area contributed by atoms with E-state index < -0.39 is 5.91 Å². The topological polar surface area (TPSA) is 111 Å². The van der Waals surface area contributed by atoms with Crippen LogP contribution < -0.4 is 25.0 Å². The first-order valence-electron chi connectivity index (χ1n) is 12.1. The summed E-state index contributed by atoms with van der Waals surface area (Å²) in [5.74, 6) is 0.700. The maximum absolute atomic E-state index is 12.3. The van der Waals surface area contributed by atoms with Gasteiger partial charge in [-0.2, -0.15) is 5.10 Å². The molecule has 2 N–H and O–H groups in total. The van der Waals surface area contributed by atoms with E-state index in [9.17, 15) is 9.59 Å². The molecule has 0 aliphatic rings. The molecule has 0 fully saturated rings. The van der Waals surface area contributed by atoms with Crippen molar-refractivity contribution in [3.63, 3.8) is 0 Å². The Bertz CT molecular complexity index is 1450. The molecule has 0 spiro atoms. The second-order valence-corrected chi connectivity index (χ2v) is 8.20. The molecular formula is C29H28N4O5. The second kappa shape index (κ2) is 12.9. The molecule has 4 rings (SSSR count). The van der Waals surface area contributed by atoms with Crippen LogP contribution in [0.25, 0.3) is 10.9 Å². The fraction of sp³-hybridized carbons (Fsp3) is 0.172. The van der Waals surface area contributed by atoms with E-state index in [1.807, 2.05) is 62.4 Å². The highest BCUT2D eigenvalue weighted by atomic mass is 16.5. The molecule has 2 amide bonds. The Labute approximate surface area is 220 Å². The Morgan fingerprint density at radius 1 is 0.868 bits per heavy atom. The number of benzene rings is 3. The Morgan fingerprint density at radius 2 is 1.66 bits per heavy atom. The number of hydrazone groups is 1. The van der Waals surface area contributed by atoms with Crippen LogP contribution >= 0.6 is 0 Å². The summed E-state index contributed by atoms with van der Waals surface area (Å²) >= 11 is 0. The number of ether oxygens (including phenoxy) is 3. The van der Waals surface area contributed by atoms with Crippen molar-refractivity contribution in [1.29, 1.82) is 0 Å². The smallest absolute Gasteiger partial charge is 0.277 e. The molecular weight excluding hydrogens is 484 g/mol. The summed E-state index contributed by atoms with van der Waals surface area (Å²) in [4.78, 5) is 28.9. The van der Waals surface area contributed by atoms with Crippen molar-refractivity contribution in [1.82, 2.24) is 10.4 Å². The van der Waals surface area contributed by atoms with Crippen LogP contribution in [0.3, 0.4) is 0 Å². The van der Waals surface area contributed by atoms with E-state index >= 15 is 0 Å². The highest BCUT2D eigenvalue weighted by Gasteiger charge is 2.11. The number of hydrogen-bond donors (Lipinski definition) is 2. The summed E-state index contributed by atoms with van der Waals surface area (Å²) < 4.78 is 17.0. The third-order valence-electron chi connectivity index (χ3n) is 5.40. The molecule has 0 radical (unpaired) electrons. The van der Waals surface area contributed by atoms with Gasteiger partial charge in [0.1, 0.15) is 11.3 Å². The number of rotatable bonds is 11. The molecule has 1 aromatic heterocycles. The van der Waals surface area contributed by atoms with Crippen LogP contribution in [0, 0.1) is 6.92 Å². The molecule has 4 aromatic rings. The van der Waals surface area contributed by atoms with Gasteiger partial charge in [0.25, 0.3) is 11.8 Å². The van der Waals surface area contributed by atoms with Gasteiger partial charge in [0.2, 0.25) is 0 Å². The van der Waals surface area contributed by atoms with E-state index in [1.54, 1.807) is 30.5 Å². The SMILES string of the molecule is CCOc1cc(/C=N\NC(=O)COc2cccc3cccnc23)ccc1OCC(=O)Nc1ccccc1C. The van der Waals surface area contributed by atoms with Crippen molar-refractivity contribution in [3.8, 4) is 17.2 Å².